The maximum absolute atomic E-state index is 13.3. The van der Waals surface area contributed by atoms with E-state index in [0.29, 0.717) is 0 Å². The number of nitro groups is 1. The van der Waals surface area contributed by atoms with E-state index < -0.39 is 21.7 Å². The number of rotatable bonds is 5. The number of anilines is 1. The fourth-order valence-corrected chi connectivity index (χ4v) is 4.29. The van der Waals surface area contributed by atoms with Crippen molar-refractivity contribution in [1.82, 2.24) is 4.98 Å². The number of carbonyl (C=O) groups is 1. The quantitative estimate of drug-likeness (QED) is 0.403. The van der Waals surface area contributed by atoms with E-state index in [1.807, 2.05) is 24.3 Å². The van der Waals surface area contributed by atoms with E-state index in [2.05, 4.69) is 10.3 Å². The summed E-state index contributed by atoms with van der Waals surface area (Å²) in [5.74, 6) is -1.29. The summed E-state index contributed by atoms with van der Waals surface area (Å²) in [6, 6.07) is 10.9. The average molecular weight is 377 g/mol. The van der Waals surface area contributed by atoms with E-state index in [9.17, 15) is 19.3 Å². The third-order valence-electron chi connectivity index (χ3n) is 3.33. The number of amides is 1. The number of halogens is 1. The van der Waals surface area contributed by atoms with Gasteiger partial charge in [-0.1, -0.05) is 23.9 Å². The molecular formula is C16H12FN3O3S2. The second kappa shape index (κ2) is 7.16. The van der Waals surface area contributed by atoms with Crippen LogP contribution in [0.5, 0.6) is 0 Å². The summed E-state index contributed by atoms with van der Waals surface area (Å²) in [5, 5.41) is 12.9. The maximum atomic E-state index is 13.3. The minimum atomic E-state index is -0.945. The number of benzene rings is 2. The summed E-state index contributed by atoms with van der Waals surface area (Å²) in [5.41, 5.74) is 0.371. The number of carbonyl (C=O) groups excluding carboxylic acids is 1. The highest BCUT2D eigenvalue weighted by Gasteiger charge is 2.19. The molecular weight excluding hydrogens is 365 g/mol. The molecule has 0 bridgehead atoms. The van der Waals surface area contributed by atoms with Crippen molar-refractivity contribution in [3.8, 4) is 0 Å². The Morgan fingerprint density at radius 2 is 2.12 bits per heavy atom. The largest absolute Gasteiger partial charge is 0.325 e. The zero-order valence-corrected chi connectivity index (χ0v) is 14.6. The summed E-state index contributed by atoms with van der Waals surface area (Å²) in [4.78, 5) is 26.7. The van der Waals surface area contributed by atoms with Gasteiger partial charge < -0.3 is 5.32 Å². The van der Waals surface area contributed by atoms with Gasteiger partial charge in [0.05, 0.1) is 20.4 Å². The lowest BCUT2D eigenvalue weighted by Crippen LogP contribution is -2.22. The third-order valence-corrected chi connectivity index (χ3v) is 5.56. The van der Waals surface area contributed by atoms with E-state index in [-0.39, 0.29) is 11.6 Å². The van der Waals surface area contributed by atoms with E-state index in [0.717, 1.165) is 26.7 Å². The van der Waals surface area contributed by atoms with Gasteiger partial charge in [-0.3, -0.25) is 14.9 Å². The topological polar surface area (TPSA) is 85.1 Å². The highest BCUT2D eigenvalue weighted by molar-refractivity contribution is 8.02. The Labute approximate surface area is 150 Å². The molecule has 0 aliphatic heterocycles. The van der Waals surface area contributed by atoms with Crippen molar-refractivity contribution >= 4 is 50.6 Å². The molecule has 0 radical (unpaired) electrons. The Bertz CT molecular complexity index is 928. The van der Waals surface area contributed by atoms with Gasteiger partial charge in [0, 0.05) is 11.8 Å². The molecule has 0 aliphatic carbocycles. The van der Waals surface area contributed by atoms with Crippen molar-refractivity contribution in [2.45, 2.75) is 16.5 Å². The van der Waals surface area contributed by atoms with Crippen molar-refractivity contribution in [1.29, 1.82) is 0 Å². The number of aromatic nitrogens is 1. The molecule has 6 nitrogen and oxygen atoms in total. The summed E-state index contributed by atoms with van der Waals surface area (Å²) in [7, 11) is 0. The fourth-order valence-electron chi connectivity index (χ4n) is 2.08. The molecule has 0 spiro atoms. The van der Waals surface area contributed by atoms with Gasteiger partial charge in [-0.2, -0.15) is 4.39 Å². The molecule has 3 rings (SSSR count). The second-order valence-corrected chi connectivity index (χ2v) is 7.74. The number of nitrogens with one attached hydrogen (secondary N) is 1. The molecule has 128 valence electrons. The van der Waals surface area contributed by atoms with Crippen LogP contribution in [0.1, 0.15) is 6.92 Å². The van der Waals surface area contributed by atoms with Gasteiger partial charge in [0.15, 0.2) is 4.34 Å². The number of thioether (sulfide) groups is 1. The Morgan fingerprint density at radius 3 is 2.84 bits per heavy atom. The van der Waals surface area contributed by atoms with E-state index in [4.69, 9.17) is 0 Å². The molecule has 3 aromatic rings. The average Bonchev–Trinajstić information content (AvgIpc) is 2.98. The van der Waals surface area contributed by atoms with Crippen LogP contribution in [0, 0.1) is 15.9 Å². The summed E-state index contributed by atoms with van der Waals surface area (Å²) in [6.45, 7) is 1.71. The van der Waals surface area contributed by atoms with Gasteiger partial charge in [-0.05, 0) is 31.2 Å². The number of thiazole rings is 1. The maximum Gasteiger partial charge on any atom is 0.306 e. The van der Waals surface area contributed by atoms with Crippen molar-refractivity contribution < 1.29 is 14.1 Å². The predicted octanol–water partition coefficient (Wildman–Crippen LogP) is 4.46. The first-order valence-corrected chi connectivity index (χ1v) is 8.90. The first kappa shape index (κ1) is 17.3. The van der Waals surface area contributed by atoms with Gasteiger partial charge in [-0.15, -0.1) is 11.3 Å². The van der Waals surface area contributed by atoms with Gasteiger partial charge in [0.1, 0.15) is 0 Å². The van der Waals surface area contributed by atoms with Crippen LogP contribution in [0.15, 0.2) is 46.8 Å². The molecule has 1 aromatic heterocycles. The molecule has 1 heterocycles. The van der Waals surface area contributed by atoms with Crippen LogP contribution < -0.4 is 5.32 Å². The van der Waals surface area contributed by atoms with Crippen LogP contribution in [0.2, 0.25) is 0 Å². The fraction of sp³-hybridized carbons (Fsp3) is 0.125. The summed E-state index contributed by atoms with van der Waals surface area (Å²) in [6.07, 6.45) is 0. The number of hydrogen-bond donors (Lipinski definition) is 1. The molecule has 0 saturated heterocycles. The number of nitrogens with zero attached hydrogens (tertiary/aromatic N) is 2. The lowest BCUT2D eigenvalue weighted by Gasteiger charge is -2.10. The van der Waals surface area contributed by atoms with Crippen molar-refractivity contribution in [2.75, 3.05) is 5.32 Å². The lowest BCUT2D eigenvalue weighted by molar-refractivity contribution is -0.387. The van der Waals surface area contributed by atoms with Gasteiger partial charge in [0.25, 0.3) is 0 Å². The third kappa shape index (κ3) is 3.94. The Balaban J connectivity index is 1.70. The minimum absolute atomic E-state index is 0.176. The van der Waals surface area contributed by atoms with Crippen LogP contribution in [0.4, 0.5) is 15.8 Å². The van der Waals surface area contributed by atoms with Gasteiger partial charge >= 0.3 is 5.69 Å². The zero-order chi connectivity index (χ0) is 18.0. The first-order chi connectivity index (χ1) is 11.9. The summed E-state index contributed by atoms with van der Waals surface area (Å²) < 4.78 is 15.1. The molecule has 1 N–H and O–H groups in total. The Hall–Kier alpha value is -2.52. The monoisotopic (exact) mass is 377 g/mol. The Morgan fingerprint density at radius 1 is 1.36 bits per heavy atom. The van der Waals surface area contributed by atoms with E-state index in [1.165, 1.54) is 29.2 Å². The molecule has 2 aromatic carbocycles. The van der Waals surface area contributed by atoms with Crippen molar-refractivity contribution in [3.63, 3.8) is 0 Å². The van der Waals surface area contributed by atoms with Gasteiger partial charge in [-0.25, -0.2) is 4.98 Å². The smallest absolute Gasteiger partial charge is 0.306 e. The van der Waals surface area contributed by atoms with Crippen LogP contribution in [-0.2, 0) is 4.79 Å². The molecule has 0 fully saturated rings. The van der Waals surface area contributed by atoms with Crippen LogP contribution in [0.3, 0.4) is 0 Å². The predicted molar refractivity (Wildman–Crippen MR) is 96.6 cm³/mol. The van der Waals surface area contributed by atoms with Crippen LogP contribution in [-0.4, -0.2) is 21.1 Å². The second-order valence-electron chi connectivity index (χ2n) is 5.12. The minimum Gasteiger partial charge on any atom is -0.325 e. The van der Waals surface area contributed by atoms with Crippen LogP contribution in [0.25, 0.3) is 10.2 Å². The van der Waals surface area contributed by atoms with Gasteiger partial charge in [0.2, 0.25) is 11.7 Å². The number of fused-ring (bicyclic) bond motifs is 1. The van der Waals surface area contributed by atoms with Crippen molar-refractivity contribution in [3.05, 3.63) is 58.4 Å². The molecule has 1 amide bonds. The normalized spacial score (nSPS) is 12.1. The Kier molecular flexibility index (Phi) is 4.95. The summed E-state index contributed by atoms with van der Waals surface area (Å²) >= 11 is 2.79. The molecule has 0 saturated carbocycles. The molecule has 25 heavy (non-hydrogen) atoms. The zero-order valence-electron chi connectivity index (χ0n) is 12.9. The highest BCUT2D eigenvalue weighted by atomic mass is 32.2. The van der Waals surface area contributed by atoms with E-state index >= 15 is 0 Å². The SMILES string of the molecule is C[C@H](Sc1nc2ccccc2s1)C(=O)Nc1ccc(F)c([N+](=O)[O-])c1. The molecule has 0 unspecified atom stereocenters. The van der Waals surface area contributed by atoms with Crippen molar-refractivity contribution in [2.24, 2.45) is 0 Å². The highest BCUT2D eigenvalue weighted by Crippen LogP contribution is 2.32. The molecule has 1 atom stereocenters. The number of para-hydroxylation sites is 1. The lowest BCUT2D eigenvalue weighted by atomic mass is 10.2. The van der Waals surface area contributed by atoms with E-state index in [1.54, 1.807) is 6.92 Å². The first-order valence-electron chi connectivity index (χ1n) is 7.21. The number of hydrogen-bond acceptors (Lipinski definition) is 6. The van der Waals surface area contributed by atoms with Crippen LogP contribution >= 0.6 is 23.1 Å². The molecule has 9 heteroatoms. The number of nitro benzene ring substituents is 1. The standard InChI is InChI=1S/C16H12FN3O3S2/c1-9(24-16-19-12-4-2-3-5-14(12)25-16)15(21)18-10-6-7-11(17)13(8-10)20(22)23/h2-9H,1H3,(H,18,21)/t9-/m0/s1. The molecule has 0 aliphatic rings.